The van der Waals surface area contributed by atoms with Crippen LogP contribution in [0.25, 0.3) is 0 Å². The van der Waals surface area contributed by atoms with Gasteiger partial charge in [-0.05, 0) is 30.5 Å². The molecule has 0 saturated heterocycles. The Morgan fingerprint density at radius 2 is 1.94 bits per heavy atom. The summed E-state index contributed by atoms with van der Waals surface area (Å²) in [5.41, 5.74) is 4.31. The number of alkyl halides is 1. The van der Waals surface area contributed by atoms with Gasteiger partial charge in [0.05, 0.1) is 6.10 Å². The molecule has 1 aliphatic rings. The van der Waals surface area contributed by atoms with E-state index in [1.54, 1.807) is 0 Å². The van der Waals surface area contributed by atoms with Gasteiger partial charge >= 0.3 is 0 Å². The highest BCUT2D eigenvalue weighted by atomic mass is 79.9. The summed E-state index contributed by atoms with van der Waals surface area (Å²) < 4.78 is 0. The SMILES string of the molecule is O=C(NOC1CCCC1)c1ccc(CBr)cc1. The third kappa shape index (κ3) is 3.54. The number of hydroxylamine groups is 1. The van der Waals surface area contributed by atoms with Crippen LogP contribution in [0, 0.1) is 0 Å². The van der Waals surface area contributed by atoms with E-state index in [0.29, 0.717) is 5.56 Å². The highest BCUT2D eigenvalue weighted by molar-refractivity contribution is 9.08. The number of benzene rings is 1. The van der Waals surface area contributed by atoms with E-state index < -0.39 is 0 Å². The molecule has 0 radical (unpaired) electrons. The molecule has 0 bridgehead atoms. The van der Waals surface area contributed by atoms with Crippen molar-refractivity contribution >= 4 is 21.8 Å². The Hall–Kier alpha value is -0.870. The minimum Gasteiger partial charge on any atom is -0.270 e. The molecule has 1 aliphatic carbocycles. The Bertz CT molecular complexity index is 372. The fourth-order valence-corrected chi connectivity index (χ4v) is 2.32. The Morgan fingerprint density at radius 1 is 1.29 bits per heavy atom. The fourth-order valence-electron chi connectivity index (χ4n) is 1.95. The fraction of sp³-hybridized carbons (Fsp3) is 0.462. The minimum absolute atomic E-state index is 0.168. The number of carbonyl (C=O) groups is 1. The summed E-state index contributed by atoms with van der Waals surface area (Å²) >= 11 is 3.37. The zero-order valence-electron chi connectivity index (χ0n) is 9.62. The van der Waals surface area contributed by atoms with Crippen molar-refractivity contribution in [2.75, 3.05) is 0 Å². The first-order valence-corrected chi connectivity index (χ1v) is 7.02. The molecule has 4 heteroatoms. The van der Waals surface area contributed by atoms with Gasteiger partial charge in [0.1, 0.15) is 0 Å². The maximum Gasteiger partial charge on any atom is 0.274 e. The Morgan fingerprint density at radius 3 is 2.53 bits per heavy atom. The van der Waals surface area contributed by atoms with Crippen LogP contribution in [0.3, 0.4) is 0 Å². The van der Waals surface area contributed by atoms with E-state index in [9.17, 15) is 4.79 Å². The number of nitrogens with one attached hydrogen (secondary N) is 1. The summed E-state index contributed by atoms with van der Waals surface area (Å²) in [4.78, 5) is 17.1. The molecule has 2 rings (SSSR count). The van der Waals surface area contributed by atoms with Gasteiger partial charge < -0.3 is 0 Å². The second-order valence-electron chi connectivity index (χ2n) is 4.29. The molecule has 0 aromatic heterocycles. The molecular weight excluding hydrogens is 282 g/mol. The molecule has 17 heavy (non-hydrogen) atoms. The van der Waals surface area contributed by atoms with Gasteiger partial charge in [0.2, 0.25) is 0 Å². The molecule has 1 aromatic carbocycles. The van der Waals surface area contributed by atoms with Gasteiger partial charge in [0.25, 0.3) is 5.91 Å². The monoisotopic (exact) mass is 297 g/mol. The van der Waals surface area contributed by atoms with E-state index in [0.717, 1.165) is 23.7 Å². The van der Waals surface area contributed by atoms with Gasteiger partial charge in [-0.25, -0.2) is 5.48 Å². The van der Waals surface area contributed by atoms with Crippen LogP contribution in [0.5, 0.6) is 0 Å². The van der Waals surface area contributed by atoms with Crippen LogP contribution in [0.1, 0.15) is 41.6 Å². The molecule has 0 unspecified atom stereocenters. The van der Waals surface area contributed by atoms with Crippen molar-refractivity contribution in [3.05, 3.63) is 35.4 Å². The highest BCUT2D eigenvalue weighted by Crippen LogP contribution is 2.20. The summed E-state index contributed by atoms with van der Waals surface area (Å²) in [6, 6.07) is 7.48. The summed E-state index contributed by atoms with van der Waals surface area (Å²) in [5.74, 6) is -0.168. The van der Waals surface area contributed by atoms with Crippen LogP contribution < -0.4 is 5.48 Å². The molecule has 3 nitrogen and oxygen atoms in total. The number of carbonyl (C=O) groups excluding carboxylic acids is 1. The molecule has 0 spiro atoms. The van der Waals surface area contributed by atoms with Gasteiger partial charge in [0, 0.05) is 10.9 Å². The number of hydrogen-bond donors (Lipinski definition) is 1. The second-order valence-corrected chi connectivity index (χ2v) is 4.85. The van der Waals surface area contributed by atoms with Crippen molar-refractivity contribution in [2.45, 2.75) is 37.1 Å². The topological polar surface area (TPSA) is 38.3 Å². The zero-order valence-corrected chi connectivity index (χ0v) is 11.2. The first-order valence-electron chi connectivity index (χ1n) is 5.90. The van der Waals surface area contributed by atoms with Crippen LogP contribution in [0.4, 0.5) is 0 Å². The zero-order chi connectivity index (χ0) is 12.1. The third-order valence-corrected chi connectivity index (χ3v) is 3.64. The number of halogens is 1. The molecule has 92 valence electrons. The summed E-state index contributed by atoms with van der Waals surface area (Å²) in [6.45, 7) is 0. The van der Waals surface area contributed by atoms with Crippen molar-refractivity contribution in [3.8, 4) is 0 Å². The van der Waals surface area contributed by atoms with Gasteiger partial charge in [-0.15, -0.1) is 0 Å². The summed E-state index contributed by atoms with van der Waals surface area (Å²) in [6.07, 6.45) is 4.67. The summed E-state index contributed by atoms with van der Waals surface area (Å²) in [5, 5.41) is 0.799. The standard InChI is InChI=1S/C13H16BrNO2/c14-9-10-5-7-11(8-6-10)13(16)15-17-12-3-1-2-4-12/h5-8,12H,1-4,9H2,(H,15,16). The number of amides is 1. The van der Waals surface area contributed by atoms with Crippen molar-refractivity contribution in [2.24, 2.45) is 0 Å². The Labute approximate surface area is 110 Å². The van der Waals surface area contributed by atoms with Crippen LogP contribution in [0.15, 0.2) is 24.3 Å². The van der Waals surface area contributed by atoms with E-state index in [4.69, 9.17) is 4.84 Å². The molecule has 0 heterocycles. The Kier molecular flexibility index (Phi) is 4.57. The third-order valence-electron chi connectivity index (χ3n) is 2.99. The minimum atomic E-state index is -0.168. The molecule has 1 amide bonds. The predicted octanol–water partition coefficient (Wildman–Crippen LogP) is 3.19. The largest absolute Gasteiger partial charge is 0.274 e. The molecule has 1 fully saturated rings. The van der Waals surface area contributed by atoms with Crippen LogP contribution in [0.2, 0.25) is 0 Å². The van der Waals surface area contributed by atoms with Gasteiger partial charge in [0.15, 0.2) is 0 Å². The first kappa shape index (κ1) is 12.6. The van der Waals surface area contributed by atoms with E-state index in [1.165, 1.54) is 12.8 Å². The lowest BCUT2D eigenvalue weighted by Crippen LogP contribution is -2.28. The molecule has 1 N–H and O–H groups in total. The van der Waals surface area contributed by atoms with E-state index >= 15 is 0 Å². The van der Waals surface area contributed by atoms with Crippen molar-refractivity contribution < 1.29 is 9.63 Å². The van der Waals surface area contributed by atoms with Crippen molar-refractivity contribution in [1.29, 1.82) is 0 Å². The molecule has 0 atom stereocenters. The predicted molar refractivity (Wildman–Crippen MR) is 69.9 cm³/mol. The van der Waals surface area contributed by atoms with Crippen LogP contribution >= 0.6 is 15.9 Å². The quantitative estimate of drug-likeness (QED) is 0.685. The molecule has 1 aromatic rings. The highest BCUT2D eigenvalue weighted by Gasteiger charge is 2.17. The summed E-state index contributed by atoms with van der Waals surface area (Å²) in [7, 11) is 0. The Balaban J connectivity index is 1.85. The average molecular weight is 298 g/mol. The second kappa shape index (κ2) is 6.17. The normalized spacial score (nSPS) is 16.1. The van der Waals surface area contributed by atoms with Gasteiger partial charge in [-0.2, -0.15) is 0 Å². The van der Waals surface area contributed by atoms with E-state index in [2.05, 4.69) is 21.4 Å². The van der Waals surface area contributed by atoms with Crippen molar-refractivity contribution in [3.63, 3.8) is 0 Å². The van der Waals surface area contributed by atoms with Gasteiger partial charge in [-0.1, -0.05) is 40.9 Å². The average Bonchev–Trinajstić information content (AvgIpc) is 2.89. The smallest absolute Gasteiger partial charge is 0.270 e. The number of hydrogen-bond acceptors (Lipinski definition) is 2. The van der Waals surface area contributed by atoms with Crippen molar-refractivity contribution in [1.82, 2.24) is 5.48 Å². The lowest BCUT2D eigenvalue weighted by molar-refractivity contribution is -0.0124. The van der Waals surface area contributed by atoms with E-state index in [1.807, 2.05) is 24.3 Å². The maximum atomic E-state index is 11.8. The number of rotatable bonds is 4. The lowest BCUT2D eigenvalue weighted by Gasteiger charge is -2.11. The van der Waals surface area contributed by atoms with E-state index in [-0.39, 0.29) is 12.0 Å². The molecule has 0 aliphatic heterocycles. The van der Waals surface area contributed by atoms with Crippen LogP contribution in [-0.4, -0.2) is 12.0 Å². The maximum absolute atomic E-state index is 11.8. The molecule has 1 saturated carbocycles. The van der Waals surface area contributed by atoms with Crippen LogP contribution in [-0.2, 0) is 10.2 Å². The van der Waals surface area contributed by atoms with Gasteiger partial charge in [-0.3, -0.25) is 9.63 Å². The lowest BCUT2D eigenvalue weighted by atomic mass is 10.1. The molecular formula is C13H16BrNO2. The first-order chi connectivity index (χ1) is 8.29.